The van der Waals surface area contributed by atoms with E-state index in [-0.39, 0.29) is 0 Å². The topological polar surface area (TPSA) is 60.0 Å². The zero-order chi connectivity index (χ0) is 17.2. The van der Waals surface area contributed by atoms with E-state index in [9.17, 15) is 0 Å². The van der Waals surface area contributed by atoms with Crippen LogP contribution in [0, 0.1) is 13.8 Å². The molecule has 6 heteroatoms. The monoisotopic (exact) mass is 337 g/mol. The lowest BCUT2D eigenvalue weighted by Gasteiger charge is -2.22. The Morgan fingerprint density at radius 2 is 2.00 bits per heavy atom. The highest BCUT2D eigenvalue weighted by atomic mass is 16.5. The van der Waals surface area contributed by atoms with Gasteiger partial charge in [-0.25, -0.2) is 0 Å². The summed E-state index contributed by atoms with van der Waals surface area (Å²) in [4.78, 5) is 7.01. The van der Waals surface area contributed by atoms with Gasteiger partial charge in [0.1, 0.15) is 0 Å². The molecule has 0 N–H and O–H groups in total. The smallest absolute Gasteiger partial charge is 0.257 e. The predicted octanol–water partition coefficient (Wildman–Crippen LogP) is 3.21. The van der Waals surface area contributed by atoms with E-state index >= 15 is 0 Å². The molecule has 1 aliphatic rings. The molecule has 0 bridgehead atoms. The van der Waals surface area contributed by atoms with Gasteiger partial charge in [0.15, 0.2) is 5.82 Å². The van der Waals surface area contributed by atoms with Crippen LogP contribution in [0.2, 0.25) is 0 Å². The van der Waals surface area contributed by atoms with Gasteiger partial charge in [-0.05, 0) is 50.9 Å². The first kappa shape index (κ1) is 16.0. The Morgan fingerprint density at radius 3 is 2.76 bits per heavy atom. The largest absolute Gasteiger partial charge is 0.334 e. The average molecular weight is 337 g/mol. The van der Waals surface area contributed by atoms with Crippen molar-refractivity contribution < 1.29 is 4.52 Å². The van der Waals surface area contributed by atoms with Gasteiger partial charge in [-0.2, -0.15) is 10.1 Å². The minimum atomic E-state index is 0.473. The molecular formula is C19H23N5O. The lowest BCUT2D eigenvalue weighted by Crippen LogP contribution is -2.33. The first-order valence-electron chi connectivity index (χ1n) is 8.80. The van der Waals surface area contributed by atoms with E-state index in [1.807, 2.05) is 23.0 Å². The average Bonchev–Trinajstić information content (AvgIpc) is 3.32. The van der Waals surface area contributed by atoms with Crippen LogP contribution in [0.15, 0.2) is 41.2 Å². The first-order chi connectivity index (χ1) is 12.2. The van der Waals surface area contributed by atoms with Crippen LogP contribution in [0.3, 0.4) is 0 Å². The highest BCUT2D eigenvalue weighted by Gasteiger charge is 2.26. The van der Waals surface area contributed by atoms with Crippen molar-refractivity contribution in [3.8, 4) is 11.5 Å². The molecule has 1 atom stereocenters. The van der Waals surface area contributed by atoms with Crippen molar-refractivity contribution in [3.05, 3.63) is 53.6 Å². The van der Waals surface area contributed by atoms with E-state index in [0.29, 0.717) is 11.9 Å². The molecule has 0 amide bonds. The third kappa shape index (κ3) is 3.64. The van der Waals surface area contributed by atoms with Gasteiger partial charge in [0.2, 0.25) is 0 Å². The van der Waals surface area contributed by atoms with Crippen molar-refractivity contribution in [2.45, 2.75) is 45.8 Å². The molecule has 1 aromatic carbocycles. The van der Waals surface area contributed by atoms with E-state index in [1.165, 1.54) is 24.0 Å². The highest BCUT2D eigenvalue weighted by Crippen LogP contribution is 2.22. The van der Waals surface area contributed by atoms with Crippen LogP contribution < -0.4 is 0 Å². The molecule has 3 aromatic rings. The summed E-state index contributed by atoms with van der Waals surface area (Å²) in [5.74, 6) is 1.34. The van der Waals surface area contributed by atoms with Crippen LogP contribution in [0.4, 0.5) is 0 Å². The number of aryl methyl sites for hydroxylation is 2. The first-order valence-corrected chi connectivity index (χ1v) is 8.80. The second-order valence-corrected chi connectivity index (χ2v) is 6.89. The van der Waals surface area contributed by atoms with Crippen LogP contribution in [-0.4, -0.2) is 37.4 Å². The second-order valence-electron chi connectivity index (χ2n) is 6.89. The van der Waals surface area contributed by atoms with Crippen LogP contribution >= 0.6 is 0 Å². The van der Waals surface area contributed by atoms with Gasteiger partial charge in [0.25, 0.3) is 5.89 Å². The fraction of sp³-hybridized carbons (Fsp3) is 0.421. The van der Waals surface area contributed by atoms with Gasteiger partial charge < -0.3 is 4.52 Å². The lowest BCUT2D eigenvalue weighted by molar-refractivity contribution is 0.211. The quantitative estimate of drug-likeness (QED) is 0.715. The minimum Gasteiger partial charge on any atom is -0.334 e. The zero-order valence-electron chi connectivity index (χ0n) is 14.7. The number of nitrogens with zero attached hydrogens (tertiary/aromatic N) is 5. The van der Waals surface area contributed by atoms with Crippen molar-refractivity contribution >= 4 is 0 Å². The number of hydrogen-bond acceptors (Lipinski definition) is 5. The van der Waals surface area contributed by atoms with Gasteiger partial charge in [0, 0.05) is 17.8 Å². The summed E-state index contributed by atoms with van der Waals surface area (Å²) >= 11 is 0. The van der Waals surface area contributed by atoms with Crippen LogP contribution in [0.1, 0.15) is 29.8 Å². The van der Waals surface area contributed by atoms with E-state index in [1.54, 1.807) is 0 Å². The minimum absolute atomic E-state index is 0.473. The Hall–Kier alpha value is -2.47. The summed E-state index contributed by atoms with van der Waals surface area (Å²) < 4.78 is 7.49. The van der Waals surface area contributed by atoms with Crippen molar-refractivity contribution in [2.75, 3.05) is 6.54 Å². The summed E-state index contributed by atoms with van der Waals surface area (Å²) in [6.07, 6.45) is 6.39. The normalized spacial score (nSPS) is 18.1. The molecule has 3 heterocycles. The maximum atomic E-state index is 5.45. The van der Waals surface area contributed by atoms with Gasteiger partial charge in [-0.3, -0.25) is 9.58 Å². The fourth-order valence-corrected chi connectivity index (χ4v) is 3.41. The molecule has 0 unspecified atom stereocenters. The number of aromatic nitrogens is 4. The zero-order valence-corrected chi connectivity index (χ0v) is 14.7. The van der Waals surface area contributed by atoms with Gasteiger partial charge >= 0.3 is 0 Å². The molecule has 1 fully saturated rings. The van der Waals surface area contributed by atoms with Crippen LogP contribution in [0.5, 0.6) is 0 Å². The Kier molecular flexibility index (Phi) is 4.36. The third-order valence-electron chi connectivity index (χ3n) is 4.77. The molecule has 25 heavy (non-hydrogen) atoms. The van der Waals surface area contributed by atoms with E-state index in [4.69, 9.17) is 4.52 Å². The molecule has 0 saturated carbocycles. The summed E-state index contributed by atoms with van der Waals surface area (Å²) in [7, 11) is 0. The molecule has 1 saturated heterocycles. The molecule has 2 aromatic heterocycles. The number of rotatable bonds is 5. The highest BCUT2D eigenvalue weighted by molar-refractivity contribution is 5.53. The Morgan fingerprint density at radius 1 is 1.16 bits per heavy atom. The van der Waals surface area contributed by atoms with E-state index in [0.717, 1.165) is 31.0 Å². The van der Waals surface area contributed by atoms with Gasteiger partial charge in [0.05, 0.1) is 19.3 Å². The number of likely N-dealkylation sites (tertiary alicyclic amines) is 1. The second kappa shape index (κ2) is 6.80. The summed E-state index contributed by atoms with van der Waals surface area (Å²) in [6, 6.07) is 8.63. The van der Waals surface area contributed by atoms with Gasteiger partial charge in [-0.1, -0.05) is 22.9 Å². The third-order valence-corrected chi connectivity index (χ3v) is 4.77. The molecule has 0 spiro atoms. The van der Waals surface area contributed by atoms with Crippen molar-refractivity contribution in [1.29, 1.82) is 0 Å². The van der Waals surface area contributed by atoms with Crippen LogP contribution in [0.25, 0.3) is 11.5 Å². The molecule has 0 radical (unpaired) electrons. The molecule has 4 rings (SSSR count). The molecule has 6 nitrogen and oxygen atoms in total. The maximum absolute atomic E-state index is 5.45. The number of hydrogen-bond donors (Lipinski definition) is 0. The van der Waals surface area contributed by atoms with Crippen molar-refractivity contribution in [3.63, 3.8) is 0 Å². The lowest BCUT2D eigenvalue weighted by atomic mass is 10.1. The fourth-order valence-electron chi connectivity index (χ4n) is 3.41. The van der Waals surface area contributed by atoms with Crippen molar-refractivity contribution in [1.82, 2.24) is 24.8 Å². The van der Waals surface area contributed by atoms with E-state index < -0.39 is 0 Å². The van der Waals surface area contributed by atoms with Crippen molar-refractivity contribution in [2.24, 2.45) is 0 Å². The van der Waals surface area contributed by atoms with Gasteiger partial charge in [-0.15, -0.1) is 0 Å². The maximum Gasteiger partial charge on any atom is 0.257 e. The molecule has 1 aliphatic heterocycles. The Bertz CT molecular complexity index is 836. The number of benzene rings is 1. The predicted molar refractivity (Wildman–Crippen MR) is 94.9 cm³/mol. The Balaban J connectivity index is 1.43. The molecule has 130 valence electrons. The summed E-state index contributed by atoms with van der Waals surface area (Å²) in [5.41, 5.74) is 3.39. The Labute approximate surface area is 147 Å². The van der Waals surface area contributed by atoms with Crippen LogP contribution in [-0.2, 0) is 13.1 Å². The SMILES string of the molecule is Cc1ccc(-c2nc(CN3CCC[C@@H]3Cn3cc(C)cn3)no2)cc1. The molecule has 0 aliphatic carbocycles. The standard InChI is InChI=1S/C19H23N5O/c1-14-5-7-16(8-6-14)19-21-18(22-25-19)13-23-9-3-4-17(23)12-24-11-15(2)10-20-24/h5-8,10-11,17H,3-4,9,12-13H2,1-2H3/t17-/m1/s1. The van der Waals surface area contributed by atoms with E-state index in [2.05, 4.69) is 52.3 Å². The summed E-state index contributed by atoms with van der Waals surface area (Å²) in [6.45, 7) is 6.84. The summed E-state index contributed by atoms with van der Waals surface area (Å²) in [5, 5.41) is 8.59. The molecular weight excluding hydrogens is 314 g/mol.